The first-order chi connectivity index (χ1) is 12.1. The summed E-state index contributed by atoms with van der Waals surface area (Å²) in [6.45, 7) is 7.47. The Bertz CT molecular complexity index is 826. The number of hydrogen-bond acceptors (Lipinski definition) is 6. The smallest absolute Gasteiger partial charge is 0.156 e. The van der Waals surface area contributed by atoms with Gasteiger partial charge in [0.05, 0.1) is 12.0 Å². The molecule has 1 atom stereocenters. The second-order valence-corrected chi connectivity index (χ2v) is 6.08. The van der Waals surface area contributed by atoms with Crippen molar-refractivity contribution in [3.63, 3.8) is 0 Å². The Morgan fingerprint density at radius 3 is 2.84 bits per heavy atom. The van der Waals surface area contributed by atoms with Crippen LogP contribution in [-0.2, 0) is 13.0 Å². The lowest BCUT2D eigenvalue weighted by Crippen LogP contribution is -2.11. The fourth-order valence-electron chi connectivity index (χ4n) is 2.91. The average Bonchev–Trinajstić information content (AvgIpc) is 3.24. The maximum atomic E-state index is 10.2. The summed E-state index contributed by atoms with van der Waals surface area (Å²) in [7, 11) is 0. The van der Waals surface area contributed by atoms with Gasteiger partial charge < -0.3 is 14.8 Å². The molecule has 7 nitrogen and oxygen atoms in total. The Hall–Kier alpha value is -2.41. The molecule has 3 rings (SSSR count). The van der Waals surface area contributed by atoms with E-state index in [1.165, 1.54) is 0 Å². The third-order valence-electron chi connectivity index (χ3n) is 4.16. The fourth-order valence-corrected chi connectivity index (χ4v) is 2.91. The predicted molar refractivity (Wildman–Crippen MR) is 96.5 cm³/mol. The summed E-state index contributed by atoms with van der Waals surface area (Å²) >= 11 is 0. The van der Waals surface area contributed by atoms with Gasteiger partial charge in [0.2, 0.25) is 0 Å². The highest BCUT2D eigenvalue weighted by Gasteiger charge is 2.16. The van der Waals surface area contributed by atoms with Gasteiger partial charge in [-0.2, -0.15) is 5.10 Å². The molecule has 2 N–H and O–H groups in total. The molecule has 0 spiro atoms. The molecule has 0 saturated carbocycles. The molecule has 0 fully saturated rings. The molecule has 0 aliphatic rings. The van der Waals surface area contributed by atoms with Crippen LogP contribution in [0.1, 0.15) is 50.1 Å². The number of rotatable bonds is 8. The van der Waals surface area contributed by atoms with Gasteiger partial charge in [-0.25, -0.2) is 9.97 Å². The molecule has 3 aromatic heterocycles. The highest BCUT2D eigenvalue weighted by molar-refractivity contribution is 5.87. The van der Waals surface area contributed by atoms with E-state index in [4.69, 9.17) is 4.42 Å². The molecule has 3 aromatic rings. The summed E-state index contributed by atoms with van der Waals surface area (Å²) in [6, 6.07) is 3.56. The average molecular weight is 343 g/mol. The molecule has 1 unspecified atom stereocenters. The minimum Gasteiger partial charge on any atom is -0.467 e. The van der Waals surface area contributed by atoms with Gasteiger partial charge in [0.15, 0.2) is 5.82 Å². The molecule has 0 aromatic carbocycles. The molecule has 0 bridgehead atoms. The van der Waals surface area contributed by atoms with Gasteiger partial charge in [0.25, 0.3) is 0 Å². The van der Waals surface area contributed by atoms with Gasteiger partial charge in [-0.1, -0.05) is 6.92 Å². The SMILES string of the molecule is CCCc1nc(NCCC(O)c2ccco2)c2c(n1)c(C)nn2CC. The zero-order valence-electron chi connectivity index (χ0n) is 15.0. The number of anilines is 1. The van der Waals surface area contributed by atoms with Gasteiger partial charge in [-0.3, -0.25) is 4.68 Å². The lowest BCUT2D eigenvalue weighted by atomic mass is 10.2. The van der Waals surface area contributed by atoms with Crippen LogP contribution in [-0.4, -0.2) is 31.4 Å². The summed E-state index contributed by atoms with van der Waals surface area (Å²) in [6.07, 6.45) is 3.29. The van der Waals surface area contributed by atoms with Crippen molar-refractivity contribution in [1.82, 2.24) is 19.7 Å². The van der Waals surface area contributed by atoms with E-state index in [0.717, 1.165) is 47.8 Å². The molecule has 0 saturated heterocycles. The number of nitrogens with one attached hydrogen (secondary N) is 1. The van der Waals surface area contributed by atoms with Crippen LogP contribution in [0, 0.1) is 6.92 Å². The van der Waals surface area contributed by atoms with E-state index >= 15 is 0 Å². The van der Waals surface area contributed by atoms with Crippen LogP contribution < -0.4 is 5.32 Å². The minimum absolute atomic E-state index is 0.529. The summed E-state index contributed by atoms with van der Waals surface area (Å²) in [4.78, 5) is 9.36. The van der Waals surface area contributed by atoms with Crippen LogP contribution in [0.2, 0.25) is 0 Å². The lowest BCUT2D eigenvalue weighted by molar-refractivity contribution is 0.144. The molecular formula is C18H25N5O2. The van der Waals surface area contributed by atoms with Crippen LogP contribution in [0.15, 0.2) is 22.8 Å². The Morgan fingerprint density at radius 1 is 1.32 bits per heavy atom. The molecule has 3 heterocycles. The van der Waals surface area contributed by atoms with Crippen molar-refractivity contribution in [2.75, 3.05) is 11.9 Å². The number of furan rings is 1. The number of aryl methyl sites for hydroxylation is 3. The number of aliphatic hydroxyl groups excluding tert-OH is 1. The zero-order valence-corrected chi connectivity index (χ0v) is 15.0. The van der Waals surface area contributed by atoms with Gasteiger partial charge >= 0.3 is 0 Å². The third kappa shape index (κ3) is 3.66. The van der Waals surface area contributed by atoms with Crippen molar-refractivity contribution < 1.29 is 9.52 Å². The van der Waals surface area contributed by atoms with Crippen LogP contribution in [0.3, 0.4) is 0 Å². The Balaban J connectivity index is 1.83. The summed E-state index contributed by atoms with van der Waals surface area (Å²) < 4.78 is 7.16. The van der Waals surface area contributed by atoms with Gasteiger partial charge in [0.1, 0.15) is 28.7 Å². The summed E-state index contributed by atoms with van der Waals surface area (Å²) in [5, 5.41) is 18.1. The van der Waals surface area contributed by atoms with Crippen molar-refractivity contribution in [1.29, 1.82) is 0 Å². The van der Waals surface area contributed by atoms with Crippen LogP contribution in [0.25, 0.3) is 11.0 Å². The van der Waals surface area contributed by atoms with E-state index in [-0.39, 0.29) is 0 Å². The molecular weight excluding hydrogens is 318 g/mol. The zero-order chi connectivity index (χ0) is 17.8. The van der Waals surface area contributed by atoms with E-state index in [2.05, 4.69) is 34.2 Å². The predicted octanol–water partition coefficient (Wildman–Crippen LogP) is 3.24. The monoisotopic (exact) mass is 343 g/mol. The highest BCUT2D eigenvalue weighted by Crippen LogP contribution is 2.24. The quantitative estimate of drug-likeness (QED) is 0.653. The van der Waals surface area contributed by atoms with E-state index < -0.39 is 6.10 Å². The molecule has 0 radical (unpaired) electrons. The second kappa shape index (κ2) is 7.65. The maximum Gasteiger partial charge on any atom is 0.156 e. The first-order valence-electron chi connectivity index (χ1n) is 8.83. The van der Waals surface area contributed by atoms with E-state index in [1.54, 1.807) is 18.4 Å². The largest absolute Gasteiger partial charge is 0.467 e. The molecule has 7 heteroatoms. The third-order valence-corrected chi connectivity index (χ3v) is 4.16. The number of fused-ring (bicyclic) bond motifs is 1. The number of hydrogen-bond donors (Lipinski definition) is 2. The topological polar surface area (TPSA) is 89.0 Å². The molecule has 0 aliphatic carbocycles. The van der Waals surface area contributed by atoms with Crippen LogP contribution >= 0.6 is 0 Å². The summed E-state index contributed by atoms with van der Waals surface area (Å²) in [5.74, 6) is 2.18. The molecule has 134 valence electrons. The van der Waals surface area contributed by atoms with Crippen LogP contribution in [0.4, 0.5) is 5.82 Å². The number of nitrogens with zero attached hydrogens (tertiary/aromatic N) is 4. The Kier molecular flexibility index (Phi) is 5.33. The molecule has 25 heavy (non-hydrogen) atoms. The maximum absolute atomic E-state index is 10.2. The first-order valence-corrected chi connectivity index (χ1v) is 8.83. The summed E-state index contributed by atoms with van der Waals surface area (Å²) in [5.41, 5.74) is 2.73. The number of aromatic nitrogens is 4. The van der Waals surface area contributed by atoms with E-state index in [1.807, 2.05) is 11.6 Å². The van der Waals surface area contributed by atoms with Crippen molar-refractivity contribution in [3.8, 4) is 0 Å². The second-order valence-electron chi connectivity index (χ2n) is 6.08. The first kappa shape index (κ1) is 17.4. The Labute approximate surface area is 147 Å². The van der Waals surface area contributed by atoms with Gasteiger partial charge in [-0.15, -0.1) is 0 Å². The van der Waals surface area contributed by atoms with Gasteiger partial charge in [0, 0.05) is 19.5 Å². The standard InChI is InChI=1S/C18H25N5O2/c1-4-7-15-20-16-12(3)22-23(5-2)17(16)18(21-15)19-10-9-13(24)14-8-6-11-25-14/h6,8,11,13,24H,4-5,7,9-10H2,1-3H3,(H,19,20,21). The van der Waals surface area contributed by atoms with Gasteiger partial charge in [-0.05, 0) is 38.8 Å². The van der Waals surface area contributed by atoms with E-state index in [0.29, 0.717) is 18.7 Å². The fraction of sp³-hybridized carbons (Fsp3) is 0.500. The normalized spacial score (nSPS) is 12.6. The van der Waals surface area contributed by atoms with Crippen molar-refractivity contribution in [3.05, 3.63) is 35.7 Å². The number of aliphatic hydroxyl groups is 1. The molecule has 0 aliphatic heterocycles. The minimum atomic E-state index is -0.632. The van der Waals surface area contributed by atoms with Crippen LogP contribution in [0.5, 0.6) is 0 Å². The lowest BCUT2D eigenvalue weighted by Gasteiger charge is -2.12. The highest BCUT2D eigenvalue weighted by atomic mass is 16.4. The van der Waals surface area contributed by atoms with Crippen molar-refractivity contribution in [2.45, 2.75) is 52.7 Å². The van der Waals surface area contributed by atoms with E-state index in [9.17, 15) is 5.11 Å². The Morgan fingerprint density at radius 2 is 2.16 bits per heavy atom. The van der Waals surface area contributed by atoms with Crippen molar-refractivity contribution in [2.24, 2.45) is 0 Å². The van der Waals surface area contributed by atoms with Crippen molar-refractivity contribution >= 4 is 16.9 Å². The molecule has 0 amide bonds.